The maximum atomic E-state index is 12.8. The molecule has 0 saturated heterocycles. The van der Waals surface area contributed by atoms with Gasteiger partial charge in [-0.15, -0.1) is 0 Å². The number of hydrogen-bond acceptors (Lipinski definition) is 3. The second-order valence-corrected chi connectivity index (χ2v) is 6.59. The van der Waals surface area contributed by atoms with E-state index < -0.39 is 0 Å². The highest BCUT2D eigenvalue weighted by molar-refractivity contribution is 6.01. The number of para-hydroxylation sites is 2. The van der Waals surface area contributed by atoms with E-state index in [-0.39, 0.29) is 11.9 Å². The summed E-state index contributed by atoms with van der Waals surface area (Å²) >= 11 is 0. The number of benzene rings is 2. The summed E-state index contributed by atoms with van der Waals surface area (Å²) < 4.78 is 0. The summed E-state index contributed by atoms with van der Waals surface area (Å²) in [5.74, 6) is 0.0528. The normalized spacial score (nSPS) is 10.3. The molecule has 4 N–H and O–H groups in total. The van der Waals surface area contributed by atoms with Gasteiger partial charge in [-0.25, -0.2) is 4.79 Å². The quantitative estimate of drug-likeness (QED) is 0.517. The number of rotatable bonds is 11. The molecule has 0 spiro atoms. The van der Waals surface area contributed by atoms with Crippen LogP contribution in [0.15, 0.2) is 60.7 Å². The highest BCUT2D eigenvalue weighted by Gasteiger charge is 2.15. The number of nitrogens with two attached hydrogens (primary N) is 1. The third-order valence-corrected chi connectivity index (χ3v) is 4.33. The Hall–Kier alpha value is -2.86. The zero-order valence-electron chi connectivity index (χ0n) is 16.3. The lowest BCUT2D eigenvalue weighted by atomic mass is 10.2. The molecule has 0 fully saturated rings. The Morgan fingerprint density at radius 3 is 2.21 bits per heavy atom. The molecule has 150 valence electrons. The Bertz CT molecular complexity index is 707. The number of nitrogens with one attached hydrogen (secondary N) is 2. The topological polar surface area (TPSA) is 87.5 Å². The van der Waals surface area contributed by atoms with Crippen molar-refractivity contribution >= 4 is 23.3 Å². The standard InChI is InChI=1S/C22H30N4O2/c23-16-9-3-8-15-21(27)24-17-10-18-26(20-13-6-2-7-14-20)22(28)25-19-11-4-1-5-12-19/h1-2,4-7,11-14H,3,8-10,15-18,23H2,(H,24,27)(H,25,28). The maximum absolute atomic E-state index is 12.8. The van der Waals surface area contributed by atoms with Crippen molar-refractivity contribution in [1.82, 2.24) is 5.32 Å². The third-order valence-electron chi connectivity index (χ3n) is 4.33. The SMILES string of the molecule is NCCCCCC(=O)NCCCN(C(=O)Nc1ccccc1)c1ccccc1. The van der Waals surface area contributed by atoms with Gasteiger partial charge in [0.05, 0.1) is 0 Å². The summed E-state index contributed by atoms with van der Waals surface area (Å²) in [7, 11) is 0. The first-order chi connectivity index (χ1) is 13.7. The van der Waals surface area contributed by atoms with Gasteiger partial charge in [0.1, 0.15) is 0 Å². The fraction of sp³-hybridized carbons (Fsp3) is 0.364. The minimum absolute atomic E-state index is 0.0528. The average molecular weight is 383 g/mol. The molecular formula is C22H30N4O2. The summed E-state index contributed by atoms with van der Waals surface area (Å²) in [5.41, 5.74) is 7.03. The number of carbonyl (C=O) groups is 2. The van der Waals surface area contributed by atoms with Gasteiger partial charge in [-0.1, -0.05) is 42.8 Å². The van der Waals surface area contributed by atoms with Crippen LogP contribution < -0.4 is 21.3 Å². The molecular weight excluding hydrogens is 352 g/mol. The van der Waals surface area contributed by atoms with Gasteiger partial charge in [0.15, 0.2) is 0 Å². The van der Waals surface area contributed by atoms with Crippen molar-refractivity contribution < 1.29 is 9.59 Å². The lowest BCUT2D eigenvalue weighted by molar-refractivity contribution is -0.121. The zero-order chi connectivity index (χ0) is 20.0. The van der Waals surface area contributed by atoms with Crippen LogP contribution in [0, 0.1) is 0 Å². The van der Waals surface area contributed by atoms with Gasteiger partial charge >= 0.3 is 6.03 Å². The Morgan fingerprint density at radius 1 is 0.857 bits per heavy atom. The van der Waals surface area contributed by atoms with E-state index in [1.165, 1.54) is 0 Å². The molecule has 0 aliphatic heterocycles. The average Bonchev–Trinajstić information content (AvgIpc) is 2.72. The summed E-state index contributed by atoms with van der Waals surface area (Å²) in [6, 6.07) is 18.7. The van der Waals surface area contributed by atoms with E-state index in [1.54, 1.807) is 4.90 Å². The molecule has 3 amide bonds. The number of unbranched alkanes of at least 4 members (excludes halogenated alkanes) is 2. The van der Waals surface area contributed by atoms with Crippen molar-refractivity contribution in [3.63, 3.8) is 0 Å². The molecule has 0 atom stereocenters. The first kappa shape index (κ1) is 21.4. The molecule has 0 bridgehead atoms. The van der Waals surface area contributed by atoms with Crippen LogP contribution in [0.2, 0.25) is 0 Å². The van der Waals surface area contributed by atoms with Crippen molar-refractivity contribution in [2.75, 3.05) is 29.9 Å². The summed E-state index contributed by atoms with van der Waals surface area (Å²) in [5, 5.41) is 5.85. The van der Waals surface area contributed by atoms with E-state index in [0.29, 0.717) is 32.5 Å². The fourth-order valence-corrected chi connectivity index (χ4v) is 2.83. The van der Waals surface area contributed by atoms with Gasteiger partial charge in [-0.05, 0) is 50.1 Å². The number of carbonyl (C=O) groups excluding carboxylic acids is 2. The third kappa shape index (κ3) is 7.80. The number of nitrogens with zero attached hydrogens (tertiary/aromatic N) is 1. The van der Waals surface area contributed by atoms with Crippen molar-refractivity contribution in [1.29, 1.82) is 0 Å². The minimum Gasteiger partial charge on any atom is -0.356 e. The lowest BCUT2D eigenvalue weighted by Crippen LogP contribution is -2.37. The van der Waals surface area contributed by atoms with Gasteiger partial charge in [0.2, 0.25) is 5.91 Å². The van der Waals surface area contributed by atoms with Gasteiger partial charge < -0.3 is 16.4 Å². The Labute approximate surface area is 167 Å². The minimum atomic E-state index is -0.189. The largest absolute Gasteiger partial charge is 0.356 e. The lowest BCUT2D eigenvalue weighted by Gasteiger charge is -2.23. The second kappa shape index (κ2) is 12.5. The fourth-order valence-electron chi connectivity index (χ4n) is 2.83. The Morgan fingerprint density at radius 2 is 1.54 bits per heavy atom. The Kier molecular flexibility index (Phi) is 9.58. The van der Waals surface area contributed by atoms with E-state index in [4.69, 9.17) is 5.73 Å². The molecule has 6 nitrogen and oxygen atoms in total. The predicted molar refractivity (Wildman–Crippen MR) is 114 cm³/mol. The molecule has 0 heterocycles. The van der Waals surface area contributed by atoms with Gasteiger partial charge in [0, 0.05) is 30.9 Å². The van der Waals surface area contributed by atoms with E-state index in [9.17, 15) is 9.59 Å². The molecule has 2 aromatic rings. The molecule has 28 heavy (non-hydrogen) atoms. The highest BCUT2D eigenvalue weighted by Crippen LogP contribution is 2.16. The van der Waals surface area contributed by atoms with Gasteiger partial charge in [0.25, 0.3) is 0 Å². The second-order valence-electron chi connectivity index (χ2n) is 6.59. The molecule has 0 radical (unpaired) electrons. The van der Waals surface area contributed by atoms with Crippen LogP contribution in [0.5, 0.6) is 0 Å². The molecule has 0 aliphatic rings. The maximum Gasteiger partial charge on any atom is 0.326 e. The number of anilines is 2. The molecule has 0 saturated carbocycles. The van der Waals surface area contributed by atoms with Crippen LogP contribution in [0.1, 0.15) is 32.1 Å². The van der Waals surface area contributed by atoms with E-state index >= 15 is 0 Å². The van der Waals surface area contributed by atoms with Crippen LogP contribution in [0.25, 0.3) is 0 Å². The zero-order valence-corrected chi connectivity index (χ0v) is 16.3. The molecule has 0 aromatic heterocycles. The first-order valence-corrected chi connectivity index (χ1v) is 9.86. The monoisotopic (exact) mass is 382 g/mol. The molecule has 2 rings (SSSR count). The van der Waals surface area contributed by atoms with Crippen molar-refractivity contribution in [2.45, 2.75) is 32.1 Å². The van der Waals surface area contributed by atoms with Gasteiger partial charge in [-0.2, -0.15) is 0 Å². The summed E-state index contributed by atoms with van der Waals surface area (Å²) in [4.78, 5) is 26.3. The molecule has 6 heteroatoms. The molecule has 0 unspecified atom stereocenters. The van der Waals surface area contributed by atoms with Crippen LogP contribution in [0.3, 0.4) is 0 Å². The van der Waals surface area contributed by atoms with Crippen molar-refractivity contribution in [3.8, 4) is 0 Å². The Balaban J connectivity index is 1.83. The van der Waals surface area contributed by atoms with E-state index in [1.807, 2.05) is 60.7 Å². The van der Waals surface area contributed by atoms with Crippen molar-refractivity contribution in [2.24, 2.45) is 5.73 Å². The van der Waals surface area contributed by atoms with Crippen LogP contribution in [-0.2, 0) is 4.79 Å². The summed E-state index contributed by atoms with van der Waals surface area (Å²) in [6.07, 6.45) is 3.99. The van der Waals surface area contributed by atoms with Crippen LogP contribution >= 0.6 is 0 Å². The predicted octanol–water partition coefficient (Wildman–Crippen LogP) is 3.75. The van der Waals surface area contributed by atoms with Gasteiger partial charge in [-0.3, -0.25) is 9.69 Å². The van der Waals surface area contributed by atoms with Crippen LogP contribution in [-0.4, -0.2) is 31.6 Å². The van der Waals surface area contributed by atoms with E-state index in [2.05, 4.69) is 10.6 Å². The van der Waals surface area contributed by atoms with E-state index in [0.717, 1.165) is 30.6 Å². The number of urea groups is 1. The highest BCUT2D eigenvalue weighted by atomic mass is 16.2. The number of amides is 3. The molecule has 0 aliphatic carbocycles. The smallest absolute Gasteiger partial charge is 0.326 e. The van der Waals surface area contributed by atoms with Crippen LogP contribution in [0.4, 0.5) is 16.2 Å². The first-order valence-electron chi connectivity index (χ1n) is 9.86. The molecule has 2 aromatic carbocycles. The summed E-state index contributed by atoms with van der Waals surface area (Å²) in [6.45, 7) is 1.72. The van der Waals surface area contributed by atoms with Crippen molar-refractivity contribution in [3.05, 3.63) is 60.7 Å². The number of hydrogen-bond donors (Lipinski definition) is 3.